The van der Waals surface area contributed by atoms with E-state index < -0.39 is 5.41 Å². The average molecular weight is 719 g/mol. The lowest BCUT2D eigenvalue weighted by Gasteiger charge is -2.39. The predicted octanol–water partition coefficient (Wildman–Crippen LogP) is 13.5. The zero-order valence-electron chi connectivity index (χ0n) is 29.5. The molecular weight excluding hydrogens is 689 g/mol. The van der Waals surface area contributed by atoms with Crippen molar-refractivity contribution in [3.63, 3.8) is 0 Å². The Morgan fingerprint density at radius 1 is 0.436 bits per heavy atom. The zero-order chi connectivity index (χ0) is 36.1. The number of nitrogens with zero attached hydrogens (tertiary/aromatic N) is 2. The summed E-state index contributed by atoms with van der Waals surface area (Å²) in [5, 5.41) is 3.47. The lowest BCUT2D eigenvalue weighted by Crippen LogP contribution is -2.32. The standard InChI is InChI=1S/C51H30N2OS/c1-2-16-33-31(14-1)15-13-21-38(33)50-52-47(49-48(53-50)39-20-6-12-27-46(39)55-49)37-19-4-3-17-34(37)32-28-29-36-35-18-5-7-22-40(35)51(43(36)30-32)41-23-8-10-25-44(41)54-45-26-11-9-24-42(45)51/h1-30H. The highest BCUT2D eigenvalue weighted by atomic mass is 32.1. The maximum absolute atomic E-state index is 6.61. The number of benzene rings is 8. The van der Waals surface area contributed by atoms with Crippen molar-refractivity contribution in [3.05, 3.63) is 204 Å². The van der Waals surface area contributed by atoms with Crippen LogP contribution in [0.2, 0.25) is 0 Å². The third-order valence-corrected chi connectivity index (χ3v) is 12.8. The van der Waals surface area contributed by atoms with Gasteiger partial charge >= 0.3 is 0 Å². The van der Waals surface area contributed by atoms with E-state index >= 15 is 0 Å². The molecule has 1 aliphatic carbocycles. The number of fused-ring (bicyclic) bond motifs is 13. The summed E-state index contributed by atoms with van der Waals surface area (Å²) in [6.07, 6.45) is 0. The Bertz CT molecular complexity index is 3160. The quantitative estimate of drug-likeness (QED) is 0.182. The van der Waals surface area contributed by atoms with Crippen LogP contribution in [0.1, 0.15) is 22.3 Å². The molecule has 0 saturated heterocycles. The third kappa shape index (κ3) is 4.26. The van der Waals surface area contributed by atoms with Crippen LogP contribution >= 0.6 is 11.3 Å². The van der Waals surface area contributed by atoms with Gasteiger partial charge in [0.1, 0.15) is 11.5 Å². The average Bonchev–Trinajstić information content (AvgIpc) is 3.77. The van der Waals surface area contributed by atoms with E-state index in [1.54, 1.807) is 11.3 Å². The molecule has 2 aliphatic rings. The van der Waals surface area contributed by atoms with Crippen molar-refractivity contribution in [2.75, 3.05) is 0 Å². The fourth-order valence-corrected chi connectivity index (χ4v) is 10.4. The molecule has 1 aliphatic heterocycles. The SMILES string of the molecule is c1ccc2c(c1)Oc1ccccc1C21c2ccccc2-c2ccc(-c3ccccc3-c3nc(-c4cccc5ccccc45)nc4c3sc3ccccc34)cc21. The molecule has 1 spiro atoms. The largest absolute Gasteiger partial charge is 0.457 e. The van der Waals surface area contributed by atoms with Crippen molar-refractivity contribution in [3.8, 4) is 56.4 Å². The van der Waals surface area contributed by atoms with Crippen LogP contribution < -0.4 is 4.74 Å². The first-order chi connectivity index (χ1) is 27.3. The summed E-state index contributed by atoms with van der Waals surface area (Å²) in [5.41, 5.74) is 13.1. The second-order valence-electron chi connectivity index (χ2n) is 14.4. The van der Waals surface area contributed by atoms with Crippen molar-refractivity contribution in [1.82, 2.24) is 9.97 Å². The van der Waals surface area contributed by atoms with E-state index in [0.29, 0.717) is 0 Å². The minimum atomic E-state index is -0.544. The van der Waals surface area contributed by atoms with Gasteiger partial charge in [-0.15, -0.1) is 11.3 Å². The van der Waals surface area contributed by atoms with E-state index in [-0.39, 0.29) is 0 Å². The van der Waals surface area contributed by atoms with Crippen molar-refractivity contribution in [1.29, 1.82) is 0 Å². The summed E-state index contributed by atoms with van der Waals surface area (Å²) in [6.45, 7) is 0. The van der Waals surface area contributed by atoms with E-state index in [1.165, 1.54) is 32.3 Å². The Hall–Kier alpha value is -6.88. The highest BCUT2D eigenvalue weighted by Crippen LogP contribution is 2.62. The van der Waals surface area contributed by atoms with Crippen LogP contribution in [-0.2, 0) is 5.41 Å². The zero-order valence-corrected chi connectivity index (χ0v) is 30.3. The minimum Gasteiger partial charge on any atom is -0.457 e. The molecule has 8 aromatic carbocycles. The topological polar surface area (TPSA) is 35.0 Å². The van der Waals surface area contributed by atoms with Crippen molar-refractivity contribution >= 4 is 42.4 Å². The van der Waals surface area contributed by atoms with Gasteiger partial charge in [0, 0.05) is 32.3 Å². The number of aromatic nitrogens is 2. The molecular formula is C51H30N2OS. The molecule has 0 amide bonds. The summed E-state index contributed by atoms with van der Waals surface area (Å²) in [7, 11) is 0. The Balaban J connectivity index is 1.13. The molecule has 3 heterocycles. The first-order valence-electron chi connectivity index (χ1n) is 18.7. The van der Waals surface area contributed by atoms with Gasteiger partial charge in [-0.3, -0.25) is 0 Å². The third-order valence-electron chi connectivity index (χ3n) is 11.6. The van der Waals surface area contributed by atoms with Gasteiger partial charge in [0.05, 0.1) is 21.3 Å². The van der Waals surface area contributed by atoms with Crippen LogP contribution in [0.4, 0.5) is 0 Å². The molecule has 0 radical (unpaired) electrons. The van der Waals surface area contributed by atoms with E-state index in [0.717, 1.165) is 77.4 Å². The van der Waals surface area contributed by atoms with Gasteiger partial charge in [0.2, 0.25) is 0 Å². The smallest absolute Gasteiger partial charge is 0.161 e. The Kier molecular flexibility index (Phi) is 6.42. The van der Waals surface area contributed by atoms with E-state index in [9.17, 15) is 0 Å². The van der Waals surface area contributed by atoms with Crippen LogP contribution in [0.25, 0.3) is 76.0 Å². The lowest BCUT2D eigenvalue weighted by atomic mass is 9.66. The van der Waals surface area contributed by atoms with Gasteiger partial charge in [-0.1, -0.05) is 158 Å². The van der Waals surface area contributed by atoms with Crippen molar-refractivity contribution < 1.29 is 4.74 Å². The predicted molar refractivity (Wildman–Crippen MR) is 226 cm³/mol. The Morgan fingerprint density at radius 3 is 1.85 bits per heavy atom. The summed E-state index contributed by atoms with van der Waals surface area (Å²) in [6, 6.07) is 65.3. The molecule has 10 aromatic rings. The van der Waals surface area contributed by atoms with Crippen molar-refractivity contribution in [2.24, 2.45) is 0 Å². The minimum absolute atomic E-state index is 0.544. The van der Waals surface area contributed by atoms with Crippen LogP contribution in [0.15, 0.2) is 182 Å². The second kappa shape index (κ2) is 11.6. The maximum atomic E-state index is 6.61. The van der Waals surface area contributed by atoms with Crippen LogP contribution in [0, 0.1) is 0 Å². The molecule has 2 aromatic heterocycles. The molecule has 256 valence electrons. The molecule has 4 heteroatoms. The monoisotopic (exact) mass is 718 g/mol. The van der Waals surface area contributed by atoms with Gasteiger partial charge < -0.3 is 4.74 Å². The highest BCUT2D eigenvalue weighted by molar-refractivity contribution is 7.26. The van der Waals surface area contributed by atoms with Crippen molar-refractivity contribution in [2.45, 2.75) is 5.41 Å². The molecule has 0 fully saturated rings. The Morgan fingerprint density at radius 2 is 1.04 bits per heavy atom. The fourth-order valence-electron chi connectivity index (χ4n) is 9.28. The molecule has 0 bridgehead atoms. The van der Waals surface area contributed by atoms with Crippen LogP contribution in [0.5, 0.6) is 11.5 Å². The first kappa shape index (κ1) is 30.6. The summed E-state index contributed by atoms with van der Waals surface area (Å²) < 4.78 is 8.91. The number of thiophene rings is 1. The molecule has 12 rings (SSSR count). The Labute approximate surface area is 321 Å². The van der Waals surface area contributed by atoms with Gasteiger partial charge in [0.25, 0.3) is 0 Å². The normalized spacial score (nSPS) is 13.4. The molecule has 0 N–H and O–H groups in total. The van der Waals surface area contributed by atoms with E-state index in [4.69, 9.17) is 14.7 Å². The maximum Gasteiger partial charge on any atom is 0.161 e. The van der Waals surface area contributed by atoms with Crippen LogP contribution in [0.3, 0.4) is 0 Å². The van der Waals surface area contributed by atoms with Gasteiger partial charge in [-0.2, -0.15) is 0 Å². The fraction of sp³-hybridized carbons (Fsp3) is 0.0196. The molecule has 0 saturated carbocycles. The summed E-state index contributed by atoms with van der Waals surface area (Å²) >= 11 is 1.77. The highest BCUT2D eigenvalue weighted by Gasteiger charge is 2.51. The molecule has 0 atom stereocenters. The number of rotatable bonds is 3. The van der Waals surface area contributed by atoms with E-state index in [1.807, 2.05) is 0 Å². The number of para-hydroxylation sites is 2. The number of hydrogen-bond donors (Lipinski definition) is 0. The number of hydrogen-bond acceptors (Lipinski definition) is 4. The van der Waals surface area contributed by atoms with Gasteiger partial charge in [-0.05, 0) is 68.4 Å². The van der Waals surface area contributed by atoms with Gasteiger partial charge in [0.15, 0.2) is 5.82 Å². The first-order valence-corrected chi connectivity index (χ1v) is 19.5. The molecule has 0 unspecified atom stereocenters. The van der Waals surface area contributed by atoms with Crippen LogP contribution in [-0.4, -0.2) is 9.97 Å². The summed E-state index contributed by atoms with van der Waals surface area (Å²) in [5.74, 6) is 2.52. The summed E-state index contributed by atoms with van der Waals surface area (Å²) in [4.78, 5) is 10.8. The second-order valence-corrected chi connectivity index (χ2v) is 15.4. The lowest BCUT2D eigenvalue weighted by molar-refractivity contribution is 0.436. The molecule has 3 nitrogen and oxygen atoms in total. The number of ether oxygens (including phenoxy) is 1. The van der Waals surface area contributed by atoms with E-state index in [2.05, 4.69) is 182 Å². The molecule has 55 heavy (non-hydrogen) atoms. The van der Waals surface area contributed by atoms with Gasteiger partial charge in [-0.25, -0.2) is 9.97 Å².